The van der Waals surface area contributed by atoms with Gasteiger partial charge in [0.1, 0.15) is 6.29 Å². The van der Waals surface area contributed by atoms with Gasteiger partial charge in [0.2, 0.25) is 5.91 Å². The third-order valence-electron chi connectivity index (χ3n) is 1.19. The van der Waals surface area contributed by atoms with Crippen LogP contribution in [0.5, 0.6) is 0 Å². The van der Waals surface area contributed by atoms with E-state index in [1.807, 2.05) is 0 Å². The highest BCUT2D eigenvalue weighted by Crippen LogP contribution is 2.02. The summed E-state index contributed by atoms with van der Waals surface area (Å²) in [6.45, 7) is 0. The van der Waals surface area contributed by atoms with Gasteiger partial charge in [-0.25, -0.2) is 0 Å². The minimum atomic E-state index is -0.206. The summed E-state index contributed by atoms with van der Waals surface area (Å²) in [6.07, 6.45) is 1.94. The zero-order valence-corrected chi connectivity index (χ0v) is 4.39. The Morgan fingerprint density at radius 3 is 2.75 bits per heavy atom. The summed E-state index contributed by atoms with van der Waals surface area (Å²) in [5.74, 6) is -0.0119. The quantitative estimate of drug-likeness (QED) is 0.464. The van der Waals surface area contributed by atoms with E-state index >= 15 is 0 Å². The molecule has 0 spiro atoms. The van der Waals surface area contributed by atoms with E-state index < -0.39 is 0 Å². The highest BCUT2D eigenvalue weighted by atomic mass is 16.2. The summed E-state index contributed by atoms with van der Waals surface area (Å²) in [5, 5.41) is 2.50. The topological polar surface area (TPSA) is 46.2 Å². The van der Waals surface area contributed by atoms with Gasteiger partial charge in [-0.15, -0.1) is 0 Å². The highest BCUT2D eigenvalue weighted by Gasteiger charge is 2.18. The molecule has 0 aromatic rings. The molecule has 3 nitrogen and oxygen atoms in total. The van der Waals surface area contributed by atoms with Crippen molar-refractivity contribution in [3.05, 3.63) is 0 Å². The second-order valence-electron chi connectivity index (χ2n) is 1.85. The third-order valence-corrected chi connectivity index (χ3v) is 1.19. The molecular weight excluding hydrogens is 106 g/mol. The Morgan fingerprint density at radius 2 is 2.50 bits per heavy atom. The molecule has 44 valence electrons. The number of hydrogen-bond donors (Lipinski definition) is 1. The van der Waals surface area contributed by atoms with E-state index in [1.165, 1.54) is 0 Å². The average molecular weight is 113 g/mol. The van der Waals surface area contributed by atoms with Crippen molar-refractivity contribution in [2.45, 2.75) is 18.9 Å². The first-order valence-corrected chi connectivity index (χ1v) is 2.57. The van der Waals surface area contributed by atoms with Crippen molar-refractivity contribution in [2.24, 2.45) is 0 Å². The van der Waals surface area contributed by atoms with Crippen molar-refractivity contribution in [3.8, 4) is 0 Å². The second-order valence-corrected chi connectivity index (χ2v) is 1.85. The van der Waals surface area contributed by atoms with Gasteiger partial charge in [0.05, 0.1) is 6.04 Å². The summed E-state index contributed by atoms with van der Waals surface area (Å²) in [5.41, 5.74) is 0. The summed E-state index contributed by atoms with van der Waals surface area (Å²) in [6, 6.07) is -0.206. The molecule has 1 saturated heterocycles. The number of rotatable bonds is 1. The molecule has 1 aliphatic heterocycles. The molecule has 0 bridgehead atoms. The van der Waals surface area contributed by atoms with Crippen molar-refractivity contribution in [2.75, 3.05) is 0 Å². The maximum atomic E-state index is 10.3. The Kier molecular flexibility index (Phi) is 1.28. The maximum Gasteiger partial charge on any atom is 0.220 e. The van der Waals surface area contributed by atoms with Crippen molar-refractivity contribution in [3.63, 3.8) is 0 Å². The van der Waals surface area contributed by atoms with Gasteiger partial charge in [-0.1, -0.05) is 0 Å². The molecule has 8 heavy (non-hydrogen) atoms. The Labute approximate surface area is 47.1 Å². The lowest BCUT2D eigenvalue weighted by Gasteiger charge is -1.94. The van der Waals surface area contributed by atoms with Crippen molar-refractivity contribution >= 4 is 12.2 Å². The van der Waals surface area contributed by atoms with E-state index in [2.05, 4.69) is 5.32 Å². The van der Waals surface area contributed by atoms with Crippen LogP contribution in [0.15, 0.2) is 0 Å². The molecule has 1 heterocycles. The first-order chi connectivity index (χ1) is 3.83. The molecule has 0 aromatic heterocycles. The molecule has 0 unspecified atom stereocenters. The van der Waals surface area contributed by atoms with E-state index in [0.717, 1.165) is 6.29 Å². The standard InChI is InChI=1S/C5H7NO2/c7-3-4-1-2-5(8)6-4/h3-4H,1-2H2,(H,6,8)/t4-/m0/s1. The van der Waals surface area contributed by atoms with Crippen LogP contribution in [0.25, 0.3) is 0 Å². The third kappa shape index (κ3) is 0.857. The van der Waals surface area contributed by atoms with E-state index in [-0.39, 0.29) is 11.9 Å². The lowest BCUT2D eigenvalue weighted by atomic mass is 10.2. The van der Waals surface area contributed by atoms with Gasteiger partial charge in [0.15, 0.2) is 0 Å². The Morgan fingerprint density at radius 1 is 1.75 bits per heavy atom. The van der Waals surface area contributed by atoms with Gasteiger partial charge >= 0.3 is 0 Å². The maximum absolute atomic E-state index is 10.3. The first-order valence-electron chi connectivity index (χ1n) is 2.57. The van der Waals surface area contributed by atoms with E-state index in [0.29, 0.717) is 12.8 Å². The fourth-order valence-corrected chi connectivity index (χ4v) is 0.740. The zero-order valence-electron chi connectivity index (χ0n) is 4.39. The van der Waals surface area contributed by atoms with Crippen LogP contribution < -0.4 is 5.32 Å². The highest BCUT2D eigenvalue weighted by molar-refractivity contribution is 5.83. The van der Waals surface area contributed by atoms with E-state index in [9.17, 15) is 9.59 Å². The Balaban J connectivity index is 2.43. The number of amides is 1. The zero-order chi connectivity index (χ0) is 5.98. The minimum absolute atomic E-state index is 0.0119. The van der Waals surface area contributed by atoms with Crippen LogP contribution in [0.1, 0.15) is 12.8 Å². The molecule has 0 radical (unpaired) electrons. The van der Waals surface area contributed by atoms with Crippen LogP contribution in [0.3, 0.4) is 0 Å². The van der Waals surface area contributed by atoms with Crippen LogP contribution in [0, 0.1) is 0 Å². The predicted molar refractivity (Wildman–Crippen MR) is 27.2 cm³/mol. The fourth-order valence-electron chi connectivity index (χ4n) is 0.740. The molecule has 1 N–H and O–H groups in total. The van der Waals surface area contributed by atoms with Crippen LogP contribution in [0.2, 0.25) is 0 Å². The van der Waals surface area contributed by atoms with Crippen molar-refractivity contribution in [1.82, 2.24) is 5.32 Å². The van der Waals surface area contributed by atoms with Gasteiger partial charge in [-0.3, -0.25) is 4.79 Å². The molecule has 1 aliphatic rings. The van der Waals surface area contributed by atoms with Gasteiger partial charge in [0.25, 0.3) is 0 Å². The SMILES string of the molecule is O=C[C@@H]1CCC(=O)N1. The molecule has 1 atom stereocenters. The molecule has 0 aromatic carbocycles. The smallest absolute Gasteiger partial charge is 0.220 e. The van der Waals surface area contributed by atoms with Crippen LogP contribution in [0.4, 0.5) is 0 Å². The lowest BCUT2D eigenvalue weighted by molar-refractivity contribution is -0.120. The van der Waals surface area contributed by atoms with Crippen molar-refractivity contribution in [1.29, 1.82) is 0 Å². The van der Waals surface area contributed by atoms with Crippen LogP contribution in [-0.4, -0.2) is 18.2 Å². The normalized spacial score (nSPS) is 27.5. The van der Waals surface area contributed by atoms with Gasteiger partial charge in [0, 0.05) is 6.42 Å². The Hall–Kier alpha value is -0.860. The fraction of sp³-hybridized carbons (Fsp3) is 0.600. The molecule has 0 saturated carbocycles. The van der Waals surface area contributed by atoms with Gasteiger partial charge in [-0.2, -0.15) is 0 Å². The van der Waals surface area contributed by atoms with E-state index in [1.54, 1.807) is 0 Å². The number of carbonyl (C=O) groups excluding carboxylic acids is 2. The van der Waals surface area contributed by atoms with Crippen LogP contribution >= 0.6 is 0 Å². The molecule has 0 aliphatic carbocycles. The number of nitrogens with one attached hydrogen (secondary N) is 1. The molecular formula is C5H7NO2. The number of carbonyl (C=O) groups is 2. The summed E-state index contributed by atoms with van der Waals surface area (Å²) >= 11 is 0. The van der Waals surface area contributed by atoms with Gasteiger partial charge < -0.3 is 10.1 Å². The first kappa shape index (κ1) is 5.28. The van der Waals surface area contributed by atoms with Crippen LogP contribution in [-0.2, 0) is 9.59 Å². The second kappa shape index (κ2) is 1.94. The molecule has 1 rings (SSSR count). The summed E-state index contributed by atoms with van der Waals surface area (Å²) in [7, 11) is 0. The molecule has 3 heteroatoms. The van der Waals surface area contributed by atoms with E-state index in [4.69, 9.17) is 0 Å². The van der Waals surface area contributed by atoms with Crippen molar-refractivity contribution < 1.29 is 9.59 Å². The van der Waals surface area contributed by atoms with Gasteiger partial charge in [-0.05, 0) is 6.42 Å². The number of aldehydes is 1. The Bertz CT molecular complexity index is 122. The summed E-state index contributed by atoms with van der Waals surface area (Å²) < 4.78 is 0. The predicted octanol–water partition coefficient (Wildman–Crippen LogP) is -0.536. The minimum Gasteiger partial charge on any atom is -0.347 e. The molecule has 1 fully saturated rings. The lowest BCUT2D eigenvalue weighted by Crippen LogP contribution is -2.25. The summed E-state index contributed by atoms with van der Waals surface area (Å²) in [4.78, 5) is 20.3. The number of hydrogen-bond acceptors (Lipinski definition) is 2. The monoisotopic (exact) mass is 113 g/mol. The largest absolute Gasteiger partial charge is 0.347 e. The molecule has 1 amide bonds. The average Bonchev–Trinajstić information content (AvgIpc) is 2.14.